The van der Waals surface area contributed by atoms with E-state index in [4.69, 9.17) is 9.72 Å². The highest BCUT2D eigenvalue weighted by molar-refractivity contribution is 6.16. The van der Waals surface area contributed by atoms with Gasteiger partial charge in [0.05, 0.1) is 22.4 Å². The van der Waals surface area contributed by atoms with Crippen LogP contribution in [0.1, 0.15) is 79.0 Å². The Balaban J connectivity index is 1.11. The molecule has 0 saturated heterocycles. The van der Waals surface area contributed by atoms with Crippen molar-refractivity contribution in [1.29, 1.82) is 0 Å². The van der Waals surface area contributed by atoms with Crippen LogP contribution in [0.25, 0.3) is 49.9 Å². The molecule has 0 unspecified atom stereocenters. The highest BCUT2D eigenvalue weighted by atomic mass is 19.1. The summed E-state index contributed by atoms with van der Waals surface area (Å²) < 4.78 is 23.7. The van der Waals surface area contributed by atoms with Crippen LogP contribution in [0.5, 0.6) is 11.5 Å². The summed E-state index contributed by atoms with van der Waals surface area (Å²) in [5.74, 6) is 1.92. The van der Waals surface area contributed by atoms with Gasteiger partial charge in [0, 0.05) is 40.5 Å². The van der Waals surface area contributed by atoms with Crippen molar-refractivity contribution in [3.8, 4) is 39.6 Å². The number of aromatic nitrogens is 2. The molecule has 7 aromatic carbocycles. The highest BCUT2D eigenvalue weighted by Crippen LogP contribution is 2.49. The molecule has 0 bridgehead atoms. The molecule has 6 heteroatoms. The lowest BCUT2D eigenvalue weighted by molar-refractivity contribution is 0.483. The zero-order chi connectivity index (χ0) is 46.1. The summed E-state index contributed by atoms with van der Waals surface area (Å²) in [5.41, 5.74) is 14.3. The molecule has 0 aliphatic carbocycles. The predicted octanol–water partition coefficient (Wildman–Crippen LogP) is 16.6. The number of benzene rings is 7. The van der Waals surface area contributed by atoms with E-state index in [9.17, 15) is 4.39 Å². The molecular formula is C60H57FN4O. The first-order chi connectivity index (χ1) is 31.5. The normalized spacial score (nSPS) is 13.2. The van der Waals surface area contributed by atoms with Crippen LogP contribution >= 0.6 is 0 Å². The Kier molecular flexibility index (Phi) is 10.4. The summed E-state index contributed by atoms with van der Waals surface area (Å²) in [5, 5.41) is 2.13. The highest BCUT2D eigenvalue weighted by Gasteiger charge is 2.31. The monoisotopic (exact) mass is 868 g/mol. The quantitative estimate of drug-likeness (QED) is 0.160. The minimum Gasteiger partial charge on any atom is -0.457 e. The van der Waals surface area contributed by atoms with Gasteiger partial charge in [0.1, 0.15) is 29.8 Å². The van der Waals surface area contributed by atoms with Crippen LogP contribution in [-0.2, 0) is 16.2 Å². The van der Waals surface area contributed by atoms with E-state index in [1.54, 1.807) is 0 Å². The molecule has 0 atom stereocenters. The Morgan fingerprint density at radius 1 is 0.485 bits per heavy atom. The Morgan fingerprint density at radius 2 is 1.15 bits per heavy atom. The van der Waals surface area contributed by atoms with Crippen LogP contribution in [0.3, 0.4) is 0 Å². The molecule has 330 valence electrons. The minimum absolute atomic E-state index is 0.0258. The van der Waals surface area contributed by atoms with Crippen molar-refractivity contribution in [1.82, 2.24) is 9.55 Å². The molecule has 2 aromatic heterocycles. The molecule has 1 aliphatic rings. The second-order valence-corrected chi connectivity index (χ2v) is 20.8. The number of ether oxygens (including phenoxy) is 1. The number of rotatable bonds is 7. The summed E-state index contributed by atoms with van der Waals surface area (Å²) in [6.07, 6.45) is 1.90. The van der Waals surface area contributed by atoms with Crippen LogP contribution in [0.2, 0.25) is 0 Å². The van der Waals surface area contributed by atoms with Crippen molar-refractivity contribution in [2.24, 2.45) is 0 Å². The van der Waals surface area contributed by atoms with Gasteiger partial charge in [0.15, 0.2) is 0 Å². The van der Waals surface area contributed by atoms with Gasteiger partial charge < -0.3 is 14.5 Å². The Bertz CT molecular complexity index is 3240. The average molecular weight is 869 g/mol. The number of anilines is 4. The molecule has 0 amide bonds. The second-order valence-electron chi connectivity index (χ2n) is 20.8. The summed E-state index contributed by atoms with van der Waals surface area (Å²) >= 11 is 0. The van der Waals surface area contributed by atoms with Gasteiger partial charge in [-0.05, 0) is 128 Å². The zero-order valence-electron chi connectivity index (χ0n) is 39.4. The van der Waals surface area contributed by atoms with E-state index in [-0.39, 0.29) is 22.1 Å². The summed E-state index contributed by atoms with van der Waals surface area (Å²) in [6, 6.07) is 56.6. The van der Waals surface area contributed by atoms with E-state index in [0.29, 0.717) is 18.2 Å². The molecule has 10 rings (SSSR count). The molecule has 0 radical (unpaired) electrons. The summed E-state index contributed by atoms with van der Waals surface area (Å²) in [6.45, 7) is 21.0. The molecule has 0 fully saturated rings. The largest absolute Gasteiger partial charge is 0.457 e. The zero-order valence-corrected chi connectivity index (χ0v) is 39.4. The number of pyridine rings is 1. The second kappa shape index (κ2) is 16.1. The van der Waals surface area contributed by atoms with Gasteiger partial charge in [-0.3, -0.25) is 4.57 Å². The summed E-state index contributed by atoms with van der Waals surface area (Å²) in [4.78, 5) is 9.79. The first kappa shape index (κ1) is 42.8. The fourth-order valence-corrected chi connectivity index (χ4v) is 9.24. The molecule has 3 heterocycles. The number of halogens is 1. The number of fused-ring (bicyclic) bond motifs is 4. The third-order valence-corrected chi connectivity index (χ3v) is 13.0. The van der Waals surface area contributed by atoms with Gasteiger partial charge >= 0.3 is 0 Å². The Hall–Kier alpha value is -7.18. The third-order valence-electron chi connectivity index (χ3n) is 13.0. The van der Waals surface area contributed by atoms with Crippen molar-refractivity contribution < 1.29 is 9.13 Å². The van der Waals surface area contributed by atoms with Crippen LogP contribution in [0.15, 0.2) is 170 Å². The van der Waals surface area contributed by atoms with E-state index in [1.165, 1.54) is 40.1 Å². The molecular weight excluding hydrogens is 812 g/mol. The van der Waals surface area contributed by atoms with Crippen LogP contribution < -0.4 is 14.5 Å². The van der Waals surface area contributed by atoms with Gasteiger partial charge in [0.25, 0.3) is 0 Å². The lowest BCUT2D eigenvalue weighted by atomic mass is 9.80. The SMILES string of the molecule is CC(C)(C)c1cc(N2CN(c3cccc(Oc4cc(-c5ccc(F)cc5)c5c6ccccc6n(-c6cc(C(C)(C)C)ccn6)c5c4)c3)c3cc(-c4ccccc4)ccc32)cc(C(C)(C)C)c1. The standard InChI is InChI=1S/C60H57FN4O/c1-58(2,3)42-28-29-62-56(34-42)65-52-21-14-13-20-50(52)57-51(40-22-25-45(61)26-23-40)36-49(37-55(57)65)66-48-19-15-18-46(35-48)63-38-64(47-32-43(59(4,5)6)31-44(33-47)60(7,8)9)53-27-24-41(30-54(53)63)39-16-11-10-12-17-39/h10-37H,38H2,1-9H3. The fraction of sp³-hybridized carbons (Fsp3) is 0.217. The van der Waals surface area contributed by atoms with Crippen molar-refractivity contribution in [2.75, 3.05) is 16.5 Å². The lowest BCUT2D eigenvalue weighted by Gasteiger charge is -2.29. The number of hydrogen-bond acceptors (Lipinski definition) is 4. The van der Waals surface area contributed by atoms with Crippen LogP contribution in [0.4, 0.5) is 27.1 Å². The lowest BCUT2D eigenvalue weighted by Crippen LogP contribution is -2.25. The van der Waals surface area contributed by atoms with Gasteiger partial charge in [-0.15, -0.1) is 0 Å². The molecule has 9 aromatic rings. The smallest absolute Gasteiger partial charge is 0.137 e. The summed E-state index contributed by atoms with van der Waals surface area (Å²) in [7, 11) is 0. The van der Waals surface area contributed by atoms with Gasteiger partial charge in [-0.25, -0.2) is 9.37 Å². The van der Waals surface area contributed by atoms with E-state index in [1.807, 2.05) is 24.4 Å². The predicted molar refractivity (Wildman–Crippen MR) is 274 cm³/mol. The minimum atomic E-state index is -0.278. The Morgan fingerprint density at radius 3 is 1.86 bits per heavy atom. The van der Waals surface area contributed by atoms with Crippen molar-refractivity contribution in [3.05, 3.63) is 192 Å². The number of hydrogen-bond donors (Lipinski definition) is 0. The maximum Gasteiger partial charge on any atom is 0.137 e. The van der Waals surface area contributed by atoms with Crippen LogP contribution in [0, 0.1) is 5.82 Å². The topological polar surface area (TPSA) is 33.5 Å². The van der Waals surface area contributed by atoms with Gasteiger partial charge in [-0.1, -0.05) is 141 Å². The molecule has 66 heavy (non-hydrogen) atoms. The Labute approximate surface area is 388 Å². The fourth-order valence-electron chi connectivity index (χ4n) is 9.24. The molecule has 0 saturated carbocycles. The van der Waals surface area contributed by atoms with Gasteiger partial charge in [-0.2, -0.15) is 0 Å². The molecule has 0 N–H and O–H groups in total. The third kappa shape index (κ3) is 7.99. The van der Waals surface area contributed by atoms with Crippen LogP contribution in [-0.4, -0.2) is 16.2 Å². The number of nitrogens with zero attached hydrogens (tertiary/aromatic N) is 4. The van der Waals surface area contributed by atoms with E-state index < -0.39 is 0 Å². The molecule has 0 spiro atoms. The van der Waals surface area contributed by atoms with Crippen molar-refractivity contribution in [2.45, 2.75) is 78.6 Å². The first-order valence-electron chi connectivity index (χ1n) is 23.0. The average Bonchev–Trinajstić information content (AvgIpc) is 3.84. The first-order valence-corrected chi connectivity index (χ1v) is 23.0. The van der Waals surface area contributed by atoms with Crippen molar-refractivity contribution >= 4 is 44.6 Å². The van der Waals surface area contributed by atoms with E-state index >= 15 is 0 Å². The molecule has 1 aliphatic heterocycles. The van der Waals surface area contributed by atoms with E-state index in [2.05, 4.69) is 210 Å². The van der Waals surface area contributed by atoms with Crippen molar-refractivity contribution in [3.63, 3.8) is 0 Å². The molecule has 5 nitrogen and oxygen atoms in total. The van der Waals surface area contributed by atoms with Gasteiger partial charge in [0.2, 0.25) is 0 Å². The van der Waals surface area contributed by atoms with E-state index in [0.717, 1.165) is 61.4 Å². The maximum absolute atomic E-state index is 14.5. The maximum atomic E-state index is 14.5. The number of para-hydroxylation sites is 1.